The molecule has 1 aliphatic heterocycles. The Kier molecular flexibility index (Phi) is 4.48. The number of ether oxygens (including phenoxy) is 1. The number of carbonyl (C=O) groups is 1. The number of carbonyl (C=O) groups excluding carboxylic acids is 1. The quantitative estimate of drug-likeness (QED) is 0.446. The highest BCUT2D eigenvalue weighted by Gasteiger charge is 2.40. The number of hydrogen-bond acceptors (Lipinski definition) is 2. The number of cyclic esters (lactones) is 1. The number of benzene rings is 2. The average Bonchev–Trinajstić information content (AvgIpc) is 2.90. The minimum absolute atomic E-state index is 0.204. The summed E-state index contributed by atoms with van der Waals surface area (Å²) in [6.07, 6.45) is 7.22. The van der Waals surface area contributed by atoms with Crippen LogP contribution in [-0.2, 0) is 9.53 Å². The molecule has 0 aromatic heterocycles. The van der Waals surface area contributed by atoms with Crippen molar-refractivity contribution in [2.24, 2.45) is 0 Å². The van der Waals surface area contributed by atoms with Crippen LogP contribution in [0.4, 0.5) is 0 Å². The Labute approximate surface area is 142 Å². The standard InChI is InChI=1S/C22H20O2/c1-4-5-6-9-15(2)21-20(16(3)22(23)24-21)19-13-12-17-10-7-8-11-18(17)14-19/h4-14,20-21H,2-3H2,1H3/b5-4-,9-6-/t20-,21-/m1/s1. The van der Waals surface area contributed by atoms with Crippen LogP contribution in [-0.4, -0.2) is 12.1 Å². The zero-order valence-electron chi connectivity index (χ0n) is 13.7. The van der Waals surface area contributed by atoms with E-state index in [1.165, 1.54) is 5.39 Å². The van der Waals surface area contributed by atoms with Gasteiger partial charge in [0.15, 0.2) is 0 Å². The van der Waals surface area contributed by atoms with E-state index in [9.17, 15) is 4.79 Å². The largest absolute Gasteiger partial charge is 0.453 e. The lowest BCUT2D eigenvalue weighted by Crippen LogP contribution is -2.16. The second-order valence-electron chi connectivity index (χ2n) is 5.90. The maximum absolute atomic E-state index is 12.1. The SMILES string of the molecule is C=C(/C=C\C=C/C)[C@H]1OC(=O)C(=C)[C@@H]1c1ccc2ccccc2c1. The summed E-state index contributed by atoms with van der Waals surface area (Å²) in [7, 11) is 0. The molecule has 0 spiro atoms. The highest BCUT2D eigenvalue weighted by Crippen LogP contribution is 2.39. The van der Waals surface area contributed by atoms with Gasteiger partial charge in [0.05, 0.1) is 5.92 Å². The van der Waals surface area contributed by atoms with Crippen molar-refractivity contribution in [1.82, 2.24) is 0 Å². The summed E-state index contributed by atoms with van der Waals surface area (Å²) in [5.74, 6) is -0.552. The van der Waals surface area contributed by atoms with Gasteiger partial charge >= 0.3 is 5.97 Å². The van der Waals surface area contributed by atoms with Crippen LogP contribution in [0.5, 0.6) is 0 Å². The van der Waals surface area contributed by atoms with Gasteiger partial charge in [0.1, 0.15) is 6.10 Å². The molecule has 24 heavy (non-hydrogen) atoms. The number of fused-ring (bicyclic) bond motifs is 1. The van der Waals surface area contributed by atoms with Crippen LogP contribution >= 0.6 is 0 Å². The molecule has 2 aromatic rings. The maximum atomic E-state index is 12.1. The lowest BCUT2D eigenvalue weighted by Gasteiger charge is -2.19. The van der Waals surface area contributed by atoms with E-state index in [1.807, 2.05) is 49.4 Å². The van der Waals surface area contributed by atoms with Crippen LogP contribution in [0.2, 0.25) is 0 Å². The summed E-state index contributed by atoms with van der Waals surface area (Å²) in [6, 6.07) is 14.4. The third-order valence-electron chi connectivity index (χ3n) is 4.29. The third kappa shape index (κ3) is 2.95. The maximum Gasteiger partial charge on any atom is 0.334 e. The number of hydrogen-bond donors (Lipinski definition) is 0. The molecular formula is C22H20O2. The zero-order chi connectivity index (χ0) is 17.1. The first-order chi connectivity index (χ1) is 11.6. The van der Waals surface area contributed by atoms with Crippen molar-refractivity contribution in [2.75, 3.05) is 0 Å². The molecule has 2 nitrogen and oxygen atoms in total. The Morgan fingerprint density at radius 1 is 1.12 bits per heavy atom. The van der Waals surface area contributed by atoms with Crippen molar-refractivity contribution >= 4 is 16.7 Å². The monoisotopic (exact) mass is 316 g/mol. The minimum atomic E-state index is -0.410. The molecule has 0 N–H and O–H groups in total. The van der Waals surface area contributed by atoms with Crippen LogP contribution in [0, 0.1) is 0 Å². The summed E-state index contributed by atoms with van der Waals surface area (Å²) in [4.78, 5) is 12.1. The van der Waals surface area contributed by atoms with Crippen molar-refractivity contribution in [3.63, 3.8) is 0 Å². The van der Waals surface area contributed by atoms with Crippen LogP contribution in [0.3, 0.4) is 0 Å². The molecule has 0 bridgehead atoms. The Balaban J connectivity index is 1.99. The second-order valence-corrected chi connectivity index (χ2v) is 5.90. The van der Waals surface area contributed by atoms with Gasteiger partial charge in [-0.15, -0.1) is 0 Å². The fraction of sp³-hybridized carbons (Fsp3) is 0.136. The summed E-state index contributed by atoms with van der Waals surface area (Å²) in [5.41, 5.74) is 2.27. The molecule has 0 saturated carbocycles. The summed E-state index contributed by atoms with van der Waals surface area (Å²) in [6.45, 7) is 9.97. The van der Waals surface area contributed by atoms with Crippen molar-refractivity contribution in [3.8, 4) is 0 Å². The van der Waals surface area contributed by atoms with E-state index < -0.39 is 6.10 Å². The van der Waals surface area contributed by atoms with Crippen LogP contribution in [0.1, 0.15) is 18.4 Å². The Morgan fingerprint density at radius 3 is 2.62 bits per heavy atom. The van der Waals surface area contributed by atoms with Crippen LogP contribution < -0.4 is 0 Å². The first-order valence-electron chi connectivity index (χ1n) is 7.98. The molecule has 0 unspecified atom stereocenters. The van der Waals surface area contributed by atoms with Crippen LogP contribution in [0.25, 0.3) is 10.8 Å². The first kappa shape index (κ1) is 16.0. The van der Waals surface area contributed by atoms with Gasteiger partial charge in [0.25, 0.3) is 0 Å². The Bertz CT molecular complexity index is 870. The van der Waals surface area contributed by atoms with Gasteiger partial charge in [-0.25, -0.2) is 4.79 Å². The summed E-state index contributed by atoms with van der Waals surface area (Å²) in [5, 5.41) is 2.30. The van der Waals surface area contributed by atoms with E-state index in [4.69, 9.17) is 4.74 Å². The van der Waals surface area contributed by atoms with E-state index in [-0.39, 0.29) is 11.9 Å². The normalized spacial score (nSPS) is 21.0. The van der Waals surface area contributed by atoms with E-state index in [0.717, 1.165) is 16.5 Å². The van der Waals surface area contributed by atoms with Gasteiger partial charge in [0, 0.05) is 5.57 Å². The fourth-order valence-corrected chi connectivity index (χ4v) is 3.02. The van der Waals surface area contributed by atoms with Crippen LogP contribution in [0.15, 0.2) is 91.1 Å². The summed E-state index contributed by atoms with van der Waals surface area (Å²) < 4.78 is 5.53. The minimum Gasteiger partial charge on any atom is -0.453 e. The summed E-state index contributed by atoms with van der Waals surface area (Å²) >= 11 is 0. The van der Waals surface area contributed by atoms with E-state index in [1.54, 1.807) is 0 Å². The van der Waals surface area contributed by atoms with Crippen molar-refractivity contribution in [3.05, 3.63) is 96.6 Å². The Morgan fingerprint density at radius 2 is 1.88 bits per heavy atom. The highest BCUT2D eigenvalue weighted by atomic mass is 16.6. The van der Waals surface area contributed by atoms with Gasteiger partial charge in [-0.3, -0.25) is 0 Å². The van der Waals surface area contributed by atoms with Gasteiger partial charge in [-0.1, -0.05) is 79.9 Å². The third-order valence-corrected chi connectivity index (χ3v) is 4.29. The molecule has 0 amide bonds. The molecule has 0 aliphatic carbocycles. The molecule has 120 valence electrons. The lowest BCUT2D eigenvalue weighted by atomic mass is 9.85. The fourth-order valence-electron chi connectivity index (χ4n) is 3.02. The van der Waals surface area contributed by atoms with Crippen molar-refractivity contribution < 1.29 is 9.53 Å². The average molecular weight is 316 g/mol. The Hall–Kier alpha value is -2.87. The molecule has 1 heterocycles. The molecule has 3 rings (SSSR count). The van der Waals surface area contributed by atoms with Gasteiger partial charge < -0.3 is 4.74 Å². The lowest BCUT2D eigenvalue weighted by molar-refractivity contribution is -0.137. The van der Waals surface area contributed by atoms with E-state index >= 15 is 0 Å². The molecule has 0 radical (unpaired) electrons. The number of rotatable bonds is 4. The molecule has 2 atom stereocenters. The molecule has 2 aromatic carbocycles. The second kappa shape index (κ2) is 6.71. The highest BCUT2D eigenvalue weighted by molar-refractivity contribution is 5.93. The molecule has 1 fully saturated rings. The predicted molar refractivity (Wildman–Crippen MR) is 98.8 cm³/mol. The van der Waals surface area contributed by atoms with Gasteiger partial charge in [-0.2, -0.15) is 0 Å². The topological polar surface area (TPSA) is 26.3 Å². The van der Waals surface area contributed by atoms with Crippen molar-refractivity contribution in [2.45, 2.75) is 18.9 Å². The number of allylic oxidation sites excluding steroid dienone is 3. The molecule has 1 saturated heterocycles. The zero-order valence-corrected chi connectivity index (χ0v) is 13.7. The number of esters is 1. The molecule has 2 heteroatoms. The molecular weight excluding hydrogens is 296 g/mol. The predicted octanol–water partition coefficient (Wildman–Crippen LogP) is 5.09. The van der Waals surface area contributed by atoms with Crippen molar-refractivity contribution in [1.29, 1.82) is 0 Å². The van der Waals surface area contributed by atoms with Gasteiger partial charge in [0.2, 0.25) is 0 Å². The first-order valence-corrected chi connectivity index (χ1v) is 7.98. The van der Waals surface area contributed by atoms with E-state index in [0.29, 0.717) is 5.57 Å². The molecule has 1 aliphatic rings. The smallest absolute Gasteiger partial charge is 0.334 e. The van der Waals surface area contributed by atoms with Gasteiger partial charge in [-0.05, 0) is 28.8 Å². The van der Waals surface area contributed by atoms with E-state index in [2.05, 4.69) is 37.4 Å².